The first-order chi connectivity index (χ1) is 10.2. The molecule has 21 heavy (non-hydrogen) atoms. The molecule has 1 N–H and O–H groups in total. The van der Waals surface area contributed by atoms with Crippen LogP contribution in [0.25, 0.3) is 0 Å². The highest BCUT2D eigenvalue weighted by Crippen LogP contribution is 2.40. The quantitative estimate of drug-likeness (QED) is 0.871. The van der Waals surface area contributed by atoms with E-state index in [9.17, 15) is 14.7 Å². The molecule has 0 aromatic rings. The van der Waals surface area contributed by atoms with E-state index < -0.39 is 12.0 Å². The molecule has 1 aliphatic carbocycles. The number of rotatable bonds is 3. The minimum atomic E-state index is -0.808. The van der Waals surface area contributed by atoms with Crippen LogP contribution in [0.4, 0.5) is 0 Å². The van der Waals surface area contributed by atoms with Gasteiger partial charge in [0.15, 0.2) is 0 Å². The molecule has 118 valence electrons. The van der Waals surface area contributed by atoms with Gasteiger partial charge in [0.2, 0.25) is 5.91 Å². The Balaban J connectivity index is 1.69. The molecule has 3 atom stereocenters. The van der Waals surface area contributed by atoms with Crippen LogP contribution >= 0.6 is 11.8 Å². The number of thioether (sulfide) groups is 1. The molecule has 0 aromatic carbocycles. The molecule has 3 fully saturated rings. The molecule has 5 heteroatoms. The Morgan fingerprint density at radius 1 is 1.10 bits per heavy atom. The lowest BCUT2D eigenvalue weighted by atomic mass is 9.84. The second-order valence-electron chi connectivity index (χ2n) is 6.76. The molecule has 0 bridgehead atoms. The lowest BCUT2D eigenvalue weighted by Crippen LogP contribution is -2.46. The fraction of sp³-hybridized carbons (Fsp3) is 0.875. The van der Waals surface area contributed by atoms with Crippen LogP contribution in [0, 0.1) is 11.8 Å². The van der Waals surface area contributed by atoms with Crippen molar-refractivity contribution in [3.05, 3.63) is 0 Å². The van der Waals surface area contributed by atoms with Gasteiger partial charge in [-0.1, -0.05) is 12.8 Å². The zero-order valence-electron chi connectivity index (χ0n) is 12.5. The van der Waals surface area contributed by atoms with Gasteiger partial charge in [-0.15, -0.1) is 0 Å². The van der Waals surface area contributed by atoms with E-state index in [1.165, 1.54) is 6.42 Å². The maximum Gasteiger partial charge on any atom is 0.326 e. The van der Waals surface area contributed by atoms with Crippen molar-refractivity contribution in [2.45, 2.75) is 63.5 Å². The summed E-state index contributed by atoms with van der Waals surface area (Å²) in [7, 11) is 0. The minimum Gasteiger partial charge on any atom is -0.480 e. The fourth-order valence-corrected chi connectivity index (χ4v) is 5.55. The number of likely N-dealkylation sites (tertiary alicyclic amines) is 1. The molecule has 1 amide bonds. The van der Waals surface area contributed by atoms with Crippen LogP contribution in [-0.2, 0) is 9.59 Å². The molecular weight excluding hydrogens is 286 g/mol. The van der Waals surface area contributed by atoms with E-state index in [0.717, 1.165) is 43.6 Å². The Labute approximate surface area is 130 Å². The number of carbonyl (C=O) groups is 2. The van der Waals surface area contributed by atoms with E-state index in [0.29, 0.717) is 24.7 Å². The van der Waals surface area contributed by atoms with Gasteiger partial charge in [-0.2, -0.15) is 11.8 Å². The van der Waals surface area contributed by atoms with Crippen LogP contribution in [0.1, 0.15) is 51.4 Å². The van der Waals surface area contributed by atoms with E-state index in [1.807, 2.05) is 11.8 Å². The molecular formula is C16H25NO3S. The van der Waals surface area contributed by atoms with Crippen molar-refractivity contribution in [2.75, 3.05) is 11.5 Å². The number of carbonyl (C=O) groups excluding carboxylic acids is 1. The lowest BCUT2D eigenvalue weighted by molar-refractivity contribution is -0.150. The average molecular weight is 311 g/mol. The molecule has 4 nitrogen and oxygen atoms in total. The van der Waals surface area contributed by atoms with E-state index in [2.05, 4.69) is 0 Å². The number of hydrogen-bond acceptors (Lipinski definition) is 3. The lowest BCUT2D eigenvalue weighted by Gasteiger charge is -2.34. The molecule has 2 aliphatic heterocycles. The SMILES string of the molecule is O=C(O)C1CC2CCCCC2N1C(=O)CC1CCSCC1. The third-order valence-corrected chi connectivity index (χ3v) is 6.51. The van der Waals surface area contributed by atoms with E-state index in [-0.39, 0.29) is 11.9 Å². The van der Waals surface area contributed by atoms with Crippen LogP contribution in [0.3, 0.4) is 0 Å². The normalized spacial score (nSPS) is 33.7. The summed E-state index contributed by atoms with van der Waals surface area (Å²) < 4.78 is 0. The van der Waals surface area contributed by atoms with Gasteiger partial charge >= 0.3 is 5.97 Å². The molecule has 3 aliphatic rings. The topological polar surface area (TPSA) is 57.6 Å². The Hall–Kier alpha value is -0.710. The predicted octanol–water partition coefficient (Wildman–Crippen LogP) is 2.76. The van der Waals surface area contributed by atoms with Gasteiger partial charge < -0.3 is 10.0 Å². The van der Waals surface area contributed by atoms with Crippen molar-refractivity contribution < 1.29 is 14.7 Å². The van der Waals surface area contributed by atoms with E-state index in [4.69, 9.17) is 0 Å². The predicted molar refractivity (Wildman–Crippen MR) is 83.3 cm³/mol. The van der Waals surface area contributed by atoms with Crippen LogP contribution in [-0.4, -0.2) is 45.5 Å². The molecule has 0 aromatic heterocycles. The number of nitrogens with zero attached hydrogens (tertiary/aromatic N) is 1. The number of fused-ring (bicyclic) bond motifs is 1. The number of carboxylic acid groups (broad SMARTS) is 1. The number of aliphatic carboxylic acids is 1. The highest BCUT2D eigenvalue weighted by molar-refractivity contribution is 7.99. The summed E-state index contributed by atoms with van der Waals surface area (Å²) in [5.41, 5.74) is 0. The molecule has 2 heterocycles. The van der Waals surface area contributed by atoms with Gasteiger partial charge in [-0.25, -0.2) is 4.79 Å². The van der Waals surface area contributed by atoms with Crippen LogP contribution in [0.15, 0.2) is 0 Å². The molecule has 0 spiro atoms. The van der Waals surface area contributed by atoms with Crippen molar-refractivity contribution in [3.63, 3.8) is 0 Å². The third-order valence-electron chi connectivity index (χ3n) is 5.47. The smallest absolute Gasteiger partial charge is 0.326 e. The summed E-state index contributed by atoms with van der Waals surface area (Å²) in [6.45, 7) is 0. The Morgan fingerprint density at radius 2 is 1.81 bits per heavy atom. The largest absolute Gasteiger partial charge is 0.480 e. The maximum atomic E-state index is 12.7. The van der Waals surface area contributed by atoms with Gasteiger partial charge in [0, 0.05) is 12.5 Å². The van der Waals surface area contributed by atoms with Crippen LogP contribution < -0.4 is 0 Å². The summed E-state index contributed by atoms with van der Waals surface area (Å²) >= 11 is 1.96. The zero-order valence-corrected chi connectivity index (χ0v) is 13.3. The van der Waals surface area contributed by atoms with Crippen molar-refractivity contribution >= 4 is 23.6 Å². The fourth-order valence-electron chi connectivity index (χ4n) is 4.34. The van der Waals surface area contributed by atoms with Gasteiger partial charge in [0.25, 0.3) is 0 Å². The summed E-state index contributed by atoms with van der Waals surface area (Å²) in [6, 6.07) is -0.367. The minimum absolute atomic E-state index is 0.105. The first kappa shape index (κ1) is 15.2. The van der Waals surface area contributed by atoms with Crippen molar-refractivity contribution in [3.8, 4) is 0 Å². The van der Waals surface area contributed by atoms with Gasteiger partial charge in [0.05, 0.1) is 0 Å². The van der Waals surface area contributed by atoms with Gasteiger partial charge in [0.1, 0.15) is 6.04 Å². The van der Waals surface area contributed by atoms with Crippen molar-refractivity contribution in [1.29, 1.82) is 0 Å². The standard InChI is InChI=1S/C16H25NO3S/c18-15(9-11-5-7-21-8-6-11)17-13-4-2-1-3-12(13)10-14(17)16(19)20/h11-14H,1-10H2,(H,19,20). The molecule has 3 unspecified atom stereocenters. The summed E-state index contributed by atoms with van der Waals surface area (Å²) in [5.74, 6) is 2.48. The van der Waals surface area contributed by atoms with Gasteiger partial charge in [-0.05, 0) is 55.4 Å². The second kappa shape index (κ2) is 6.59. The monoisotopic (exact) mass is 311 g/mol. The first-order valence-corrected chi connectivity index (χ1v) is 9.44. The number of hydrogen-bond donors (Lipinski definition) is 1. The molecule has 3 rings (SSSR count). The Bertz CT molecular complexity index is 408. The van der Waals surface area contributed by atoms with E-state index in [1.54, 1.807) is 4.90 Å². The zero-order chi connectivity index (χ0) is 14.8. The number of amides is 1. The third kappa shape index (κ3) is 3.22. The van der Waals surface area contributed by atoms with Crippen LogP contribution in [0.5, 0.6) is 0 Å². The Morgan fingerprint density at radius 3 is 2.52 bits per heavy atom. The van der Waals surface area contributed by atoms with Gasteiger partial charge in [-0.3, -0.25) is 4.79 Å². The molecule has 0 radical (unpaired) electrons. The molecule has 2 saturated heterocycles. The van der Waals surface area contributed by atoms with Crippen LogP contribution in [0.2, 0.25) is 0 Å². The second-order valence-corrected chi connectivity index (χ2v) is 7.99. The highest BCUT2D eigenvalue weighted by atomic mass is 32.2. The molecule has 1 saturated carbocycles. The van der Waals surface area contributed by atoms with Crippen molar-refractivity contribution in [1.82, 2.24) is 4.90 Å². The summed E-state index contributed by atoms with van der Waals surface area (Å²) in [5, 5.41) is 9.49. The average Bonchev–Trinajstić information content (AvgIpc) is 2.88. The first-order valence-electron chi connectivity index (χ1n) is 8.28. The van der Waals surface area contributed by atoms with E-state index >= 15 is 0 Å². The summed E-state index contributed by atoms with van der Waals surface area (Å²) in [6.07, 6.45) is 7.87. The Kier molecular flexibility index (Phi) is 4.77. The number of carboxylic acids is 1. The van der Waals surface area contributed by atoms with Crippen molar-refractivity contribution in [2.24, 2.45) is 11.8 Å². The maximum absolute atomic E-state index is 12.7. The summed E-state index contributed by atoms with van der Waals surface area (Å²) in [4.78, 5) is 26.1. The highest BCUT2D eigenvalue weighted by Gasteiger charge is 2.47.